The average Bonchev–Trinajstić information content (AvgIpc) is 2.15. The Balaban J connectivity index is 3.84. The highest BCUT2D eigenvalue weighted by atomic mass is 32.2. The van der Waals surface area contributed by atoms with Gasteiger partial charge in [0.15, 0.2) is 5.84 Å². The van der Waals surface area contributed by atoms with Crippen LogP contribution in [0.3, 0.4) is 0 Å². The fourth-order valence-electron chi connectivity index (χ4n) is 1.01. The van der Waals surface area contributed by atoms with Gasteiger partial charge in [-0.15, -0.1) is 0 Å². The molecule has 0 bridgehead atoms. The maximum atomic E-state index is 10.7. The highest BCUT2D eigenvalue weighted by Crippen LogP contribution is 1.89. The van der Waals surface area contributed by atoms with Crippen LogP contribution in [0.4, 0.5) is 0 Å². The molecule has 90 valence electrons. The van der Waals surface area contributed by atoms with Crippen molar-refractivity contribution in [2.24, 2.45) is 10.9 Å². The molecule has 5 N–H and O–H groups in total. The molecular formula is C7H18N4O3S. The first-order valence-corrected chi connectivity index (χ1v) is 6.45. The lowest BCUT2D eigenvalue weighted by molar-refractivity contribution is 0.314. The summed E-state index contributed by atoms with van der Waals surface area (Å²) in [6, 6.07) is -0.239. The lowest BCUT2D eigenvalue weighted by Gasteiger charge is -2.14. The van der Waals surface area contributed by atoms with Crippen molar-refractivity contribution in [2.45, 2.75) is 19.4 Å². The molecule has 0 rings (SSSR count). The molecule has 0 spiro atoms. The Hall–Kier alpha value is -0.860. The minimum absolute atomic E-state index is 0.0943. The van der Waals surface area contributed by atoms with Gasteiger partial charge in [-0.25, -0.2) is 13.1 Å². The lowest BCUT2D eigenvalue weighted by atomic mass is 10.2. The third-order valence-corrected chi connectivity index (χ3v) is 2.49. The van der Waals surface area contributed by atoms with Gasteiger partial charge >= 0.3 is 0 Å². The van der Waals surface area contributed by atoms with Gasteiger partial charge in [-0.05, 0) is 6.42 Å². The fourth-order valence-corrected chi connectivity index (χ4v) is 1.48. The van der Waals surface area contributed by atoms with E-state index >= 15 is 0 Å². The van der Waals surface area contributed by atoms with Crippen LogP contribution < -0.4 is 15.8 Å². The van der Waals surface area contributed by atoms with Crippen molar-refractivity contribution < 1.29 is 13.6 Å². The van der Waals surface area contributed by atoms with E-state index in [1.807, 2.05) is 6.92 Å². The van der Waals surface area contributed by atoms with Gasteiger partial charge in [-0.1, -0.05) is 12.1 Å². The maximum absolute atomic E-state index is 10.7. The van der Waals surface area contributed by atoms with Crippen LogP contribution in [0.15, 0.2) is 5.16 Å². The number of hydrogen-bond acceptors (Lipinski definition) is 5. The molecule has 0 aromatic rings. The minimum Gasteiger partial charge on any atom is -0.409 e. The summed E-state index contributed by atoms with van der Waals surface area (Å²) in [6.07, 6.45) is 1.75. The van der Waals surface area contributed by atoms with E-state index in [1.165, 1.54) is 0 Å². The van der Waals surface area contributed by atoms with Crippen molar-refractivity contribution in [3.8, 4) is 0 Å². The summed E-state index contributed by atoms with van der Waals surface area (Å²) < 4.78 is 23.7. The zero-order valence-corrected chi connectivity index (χ0v) is 9.71. The smallest absolute Gasteiger partial charge is 0.208 e. The summed E-state index contributed by atoms with van der Waals surface area (Å²) in [5.41, 5.74) is 5.39. The second-order valence-corrected chi connectivity index (χ2v) is 4.94. The zero-order valence-electron chi connectivity index (χ0n) is 8.90. The third-order valence-electron chi connectivity index (χ3n) is 1.76. The van der Waals surface area contributed by atoms with E-state index in [9.17, 15) is 8.42 Å². The molecule has 8 heteroatoms. The highest BCUT2D eigenvalue weighted by molar-refractivity contribution is 7.88. The standard InChI is InChI=1S/C7H18N4O3S/c1-3-6(7(8)11-12)9-4-5-10-15(2,13)14/h6,9-10,12H,3-5H2,1-2H3,(H2,8,11). The number of nitrogens with one attached hydrogen (secondary N) is 2. The number of sulfonamides is 1. The van der Waals surface area contributed by atoms with Gasteiger partial charge in [0.1, 0.15) is 0 Å². The van der Waals surface area contributed by atoms with Crippen LogP contribution in [0.25, 0.3) is 0 Å². The number of hydrogen-bond donors (Lipinski definition) is 4. The van der Waals surface area contributed by atoms with E-state index in [0.717, 1.165) is 6.26 Å². The molecule has 0 aromatic carbocycles. The molecule has 0 aliphatic carbocycles. The lowest BCUT2D eigenvalue weighted by Crippen LogP contribution is -2.44. The molecule has 0 aliphatic heterocycles. The molecule has 7 nitrogen and oxygen atoms in total. The first-order chi connectivity index (χ1) is 6.90. The number of rotatable bonds is 7. The van der Waals surface area contributed by atoms with E-state index < -0.39 is 10.0 Å². The SMILES string of the molecule is CCC(NCCNS(C)(=O)=O)C(N)=NO. The van der Waals surface area contributed by atoms with Gasteiger partial charge in [0.25, 0.3) is 0 Å². The van der Waals surface area contributed by atoms with E-state index in [4.69, 9.17) is 10.9 Å². The first-order valence-electron chi connectivity index (χ1n) is 4.56. The van der Waals surface area contributed by atoms with Crippen LogP contribution in [0.1, 0.15) is 13.3 Å². The molecule has 0 saturated heterocycles. The number of amidine groups is 1. The van der Waals surface area contributed by atoms with E-state index in [1.54, 1.807) is 0 Å². The van der Waals surface area contributed by atoms with Crippen molar-refractivity contribution in [2.75, 3.05) is 19.3 Å². The van der Waals surface area contributed by atoms with Gasteiger partial charge < -0.3 is 16.3 Å². The normalized spacial score (nSPS) is 15.2. The summed E-state index contributed by atoms with van der Waals surface area (Å²) in [7, 11) is -3.16. The third kappa shape index (κ3) is 7.11. The van der Waals surface area contributed by atoms with Crippen LogP contribution in [-0.2, 0) is 10.0 Å². The van der Waals surface area contributed by atoms with Crippen LogP contribution in [-0.4, -0.2) is 44.8 Å². The van der Waals surface area contributed by atoms with E-state index in [0.29, 0.717) is 13.0 Å². The predicted octanol–water partition coefficient (Wildman–Crippen LogP) is -1.35. The first kappa shape index (κ1) is 14.1. The molecule has 0 aromatic heterocycles. The summed E-state index contributed by atoms with van der Waals surface area (Å²) in [5, 5.41) is 14.3. The summed E-state index contributed by atoms with van der Waals surface area (Å²) in [5.74, 6) is 0.0943. The molecule has 0 radical (unpaired) electrons. The van der Waals surface area contributed by atoms with Crippen LogP contribution in [0.5, 0.6) is 0 Å². The molecule has 0 heterocycles. The van der Waals surface area contributed by atoms with Crippen LogP contribution in [0, 0.1) is 0 Å². The van der Waals surface area contributed by atoms with E-state index in [2.05, 4.69) is 15.2 Å². The van der Waals surface area contributed by atoms with Crippen LogP contribution >= 0.6 is 0 Å². The number of nitrogens with two attached hydrogens (primary N) is 1. The molecule has 0 amide bonds. The molecule has 0 saturated carbocycles. The predicted molar refractivity (Wildman–Crippen MR) is 58.3 cm³/mol. The van der Waals surface area contributed by atoms with Crippen molar-refractivity contribution in [3.05, 3.63) is 0 Å². The Kier molecular flexibility index (Phi) is 6.21. The quantitative estimate of drug-likeness (QED) is 0.144. The molecule has 0 aliphatic rings. The Morgan fingerprint density at radius 3 is 2.53 bits per heavy atom. The van der Waals surface area contributed by atoms with Gasteiger partial charge in [0, 0.05) is 13.1 Å². The molecular weight excluding hydrogens is 220 g/mol. The maximum Gasteiger partial charge on any atom is 0.208 e. The van der Waals surface area contributed by atoms with Gasteiger partial charge in [-0.3, -0.25) is 0 Å². The topological polar surface area (TPSA) is 117 Å². The number of nitrogens with zero attached hydrogens (tertiary/aromatic N) is 1. The zero-order chi connectivity index (χ0) is 11.9. The summed E-state index contributed by atoms with van der Waals surface area (Å²) in [4.78, 5) is 0. The van der Waals surface area contributed by atoms with Gasteiger partial charge in [0.2, 0.25) is 10.0 Å². The molecule has 1 unspecified atom stereocenters. The number of oxime groups is 1. The highest BCUT2D eigenvalue weighted by Gasteiger charge is 2.10. The largest absolute Gasteiger partial charge is 0.409 e. The van der Waals surface area contributed by atoms with Crippen molar-refractivity contribution >= 4 is 15.9 Å². The van der Waals surface area contributed by atoms with Crippen molar-refractivity contribution in [1.29, 1.82) is 0 Å². The van der Waals surface area contributed by atoms with Crippen LogP contribution in [0.2, 0.25) is 0 Å². The Morgan fingerprint density at radius 1 is 1.53 bits per heavy atom. The van der Waals surface area contributed by atoms with Gasteiger partial charge in [0.05, 0.1) is 12.3 Å². The van der Waals surface area contributed by atoms with Gasteiger partial charge in [-0.2, -0.15) is 0 Å². The minimum atomic E-state index is -3.16. The monoisotopic (exact) mass is 238 g/mol. The second-order valence-electron chi connectivity index (χ2n) is 3.11. The Labute approximate surface area is 89.8 Å². The fraction of sp³-hybridized carbons (Fsp3) is 0.857. The van der Waals surface area contributed by atoms with E-state index in [-0.39, 0.29) is 18.4 Å². The molecule has 1 atom stereocenters. The van der Waals surface area contributed by atoms with Crippen molar-refractivity contribution in [3.63, 3.8) is 0 Å². The summed E-state index contributed by atoms with van der Waals surface area (Å²) in [6.45, 7) is 2.57. The Bertz CT molecular complexity index is 301. The Morgan fingerprint density at radius 2 is 2.13 bits per heavy atom. The summed E-state index contributed by atoms with van der Waals surface area (Å²) >= 11 is 0. The molecule has 15 heavy (non-hydrogen) atoms. The van der Waals surface area contributed by atoms with Crippen molar-refractivity contribution in [1.82, 2.24) is 10.0 Å². The second kappa shape index (κ2) is 6.59. The molecule has 0 fully saturated rings. The average molecular weight is 238 g/mol.